The van der Waals surface area contributed by atoms with Gasteiger partial charge in [0.15, 0.2) is 0 Å². The van der Waals surface area contributed by atoms with Crippen molar-refractivity contribution in [1.82, 2.24) is 10.2 Å². The lowest BCUT2D eigenvalue weighted by atomic mass is 9.83. The van der Waals surface area contributed by atoms with Gasteiger partial charge in [-0.25, -0.2) is 0 Å². The van der Waals surface area contributed by atoms with Crippen LogP contribution in [0.15, 0.2) is 48.7 Å². The zero-order valence-electron chi connectivity index (χ0n) is 12.4. The minimum Gasteiger partial charge on any atom is -0.325 e. The lowest BCUT2D eigenvalue weighted by Crippen LogP contribution is -2.34. The van der Waals surface area contributed by atoms with Crippen molar-refractivity contribution in [3.8, 4) is 0 Å². The molecule has 3 aromatic rings. The van der Waals surface area contributed by atoms with Gasteiger partial charge in [0.1, 0.15) is 0 Å². The number of hydrogen-bond donors (Lipinski definition) is 2. The van der Waals surface area contributed by atoms with Crippen LogP contribution in [0.1, 0.15) is 19.4 Å². The van der Waals surface area contributed by atoms with Crippen LogP contribution < -0.4 is 5.32 Å². The molecule has 0 fully saturated rings. The Hall–Kier alpha value is -2.33. The number of H-pyrrole nitrogens is 1. The van der Waals surface area contributed by atoms with Gasteiger partial charge in [0.25, 0.3) is 0 Å². The fourth-order valence-corrected chi connectivity index (χ4v) is 2.50. The van der Waals surface area contributed by atoms with Crippen molar-refractivity contribution < 1.29 is 4.79 Å². The number of nitrogens with zero attached hydrogens (tertiary/aromatic N) is 1. The first-order valence-electron chi connectivity index (χ1n) is 6.97. The SMILES string of the molecule is CC(C)(C(=O)Nc1ccc2cn[nH]c2c1)c1cccc(Cl)c1. The average Bonchev–Trinajstić information content (AvgIpc) is 2.94. The van der Waals surface area contributed by atoms with Gasteiger partial charge in [-0.05, 0) is 49.7 Å². The third kappa shape index (κ3) is 2.70. The second-order valence-electron chi connectivity index (χ2n) is 5.76. The van der Waals surface area contributed by atoms with Crippen LogP contribution in [0, 0.1) is 0 Å². The summed E-state index contributed by atoms with van der Waals surface area (Å²) < 4.78 is 0. The van der Waals surface area contributed by atoms with E-state index in [4.69, 9.17) is 11.6 Å². The molecule has 0 bridgehead atoms. The highest BCUT2D eigenvalue weighted by Gasteiger charge is 2.30. The van der Waals surface area contributed by atoms with Crippen LogP contribution in [-0.4, -0.2) is 16.1 Å². The standard InChI is InChI=1S/C17H16ClN3O/c1-17(2,12-4-3-5-13(18)8-12)16(22)20-14-7-6-11-10-19-21-15(11)9-14/h3-10H,1-2H3,(H,19,21)(H,20,22). The molecule has 22 heavy (non-hydrogen) atoms. The number of hydrogen-bond acceptors (Lipinski definition) is 2. The number of aromatic nitrogens is 2. The van der Waals surface area contributed by atoms with Crippen LogP contribution in [0.5, 0.6) is 0 Å². The first kappa shape index (κ1) is 14.6. The van der Waals surface area contributed by atoms with Crippen LogP contribution in [0.4, 0.5) is 5.69 Å². The minimum atomic E-state index is -0.687. The van der Waals surface area contributed by atoms with E-state index in [0.717, 1.165) is 22.2 Å². The number of anilines is 1. The van der Waals surface area contributed by atoms with Gasteiger partial charge in [0.2, 0.25) is 5.91 Å². The Morgan fingerprint density at radius 2 is 2.05 bits per heavy atom. The van der Waals surface area contributed by atoms with E-state index in [1.807, 2.05) is 50.2 Å². The molecule has 0 atom stereocenters. The van der Waals surface area contributed by atoms with E-state index in [1.54, 1.807) is 12.3 Å². The number of aromatic amines is 1. The molecule has 0 aliphatic rings. The molecule has 4 nitrogen and oxygen atoms in total. The van der Waals surface area contributed by atoms with Crippen molar-refractivity contribution >= 4 is 34.1 Å². The highest BCUT2D eigenvalue weighted by Crippen LogP contribution is 2.27. The van der Waals surface area contributed by atoms with E-state index in [1.165, 1.54) is 0 Å². The number of halogens is 1. The van der Waals surface area contributed by atoms with Crippen molar-refractivity contribution in [2.75, 3.05) is 5.32 Å². The Balaban J connectivity index is 1.86. The third-order valence-corrected chi connectivity index (χ3v) is 4.05. The first-order valence-corrected chi connectivity index (χ1v) is 7.35. The molecule has 2 aromatic carbocycles. The third-order valence-electron chi connectivity index (χ3n) is 3.81. The maximum Gasteiger partial charge on any atom is 0.234 e. The number of amides is 1. The largest absolute Gasteiger partial charge is 0.325 e. The van der Waals surface area contributed by atoms with Crippen molar-refractivity contribution in [2.24, 2.45) is 0 Å². The molecular formula is C17H16ClN3O. The van der Waals surface area contributed by atoms with Crippen LogP contribution >= 0.6 is 11.6 Å². The van der Waals surface area contributed by atoms with Crippen molar-refractivity contribution in [3.63, 3.8) is 0 Å². The summed E-state index contributed by atoms with van der Waals surface area (Å²) in [7, 11) is 0. The van der Waals surface area contributed by atoms with Gasteiger partial charge < -0.3 is 5.32 Å². The molecular weight excluding hydrogens is 298 g/mol. The fraction of sp³-hybridized carbons (Fsp3) is 0.176. The van der Waals surface area contributed by atoms with E-state index in [0.29, 0.717) is 5.02 Å². The van der Waals surface area contributed by atoms with Gasteiger partial charge in [-0.2, -0.15) is 5.10 Å². The molecule has 112 valence electrons. The van der Waals surface area contributed by atoms with Crippen molar-refractivity contribution in [2.45, 2.75) is 19.3 Å². The van der Waals surface area contributed by atoms with Crippen molar-refractivity contribution in [1.29, 1.82) is 0 Å². The highest BCUT2D eigenvalue weighted by atomic mass is 35.5. The quantitative estimate of drug-likeness (QED) is 0.763. The first-order chi connectivity index (χ1) is 10.5. The number of carbonyl (C=O) groups is 1. The van der Waals surface area contributed by atoms with Gasteiger partial charge in [-0.3, -0.25) is 9.89 Å². The predicted molar refractivity (Wildman–Crippen MR) is 89.2 cm³/mol. The Morgan fingerprint density at radius 1 is 1.23 bits per heavy atom. The summed E-state index contributed by atoms with van der Waals surface area (Å²) in [5, 5.41) is 11.4. The molecule has 3 rings (SSSR count). The van der Waals surface area contributed by atoms with Crippen LogP contribution in [0.2, 0.25) is 5.02 Å². The zero-order valence-corrected chi connectivity index (χ0v) is 13.1. The molecule has 0 saturated heterocycles. The fourth-order valence-electron chi connectivity index (χ4n) is 2.31. The zero-order chi connectivity index (χ0) is 15.7. The Kier molecular flexibility index (Phi) is 3.62. The summed E-state index contributed by atoms with van der Waals surface area (Å²) in [4.78, 5) is 12.6. The number of benzene rings is 2. The van der Waals surface area contributed by atoms with Gasteiger partial charge >= 0.3 is 0 Å². The molecule has 1 aromatic heterocycles. The van der Waals surface area contributed by atoms with Crippen molar-refractivity contribution in [3.05, 3.63) is 59.2 Å². The van der Waals surface area contributed by atoms with Gasteiger partial charge in [0, 0.05) is 16.1 Å². The normalized spacial score (nSPS) is 11.6. The Morgan fingerprint density at radius 3 is 2.82 bits per heavy atom. The maximum absolute atomic E-state index is 12.6. The molecule has 0 spiro atoms. The van der Waals surface area contributed by atoms with Gasteiger partial charge in [0.05, 0.1) is 17.1 Å². The van der Waals surface area contributed by atoms with Gasteiger partial charge in [-0.1, -0.05) is 23.7 Å². The summed E-state index contributed by atoms with van der Waals surface area (Å²) in [6.45, 7) is 3.76. The molecule has 0 unspecified atom stereocenters. The van der Waals surface area contributed by atoms with E-state index < -0.39 is 5.41 Å². The van der Waals surface area contributed by atoms with Crippen LogP contribution in [-0.2, 0) is 10.2 Å². The van der Waals surface area contributed by atoms with Crippen LogP contribution in [0.3, 0.4) is 0 Å². The molecule has 0 radical (unpaired) electrons. The molecule has 1 heterocycles. The summed E-state index contributed by atoms with van der Waals surface area (Å²) in [6.07, 6.45) is 1.75. The lowest BCUT2D eigenvalue weighted by Gasteiger charge is -2.24. The number of fused-ring (bicyclic) bond motifs is 1. The van der Waals surface area contributed by atoms with E-state index in [2.05, 4.69) is 15.5 Å². The number of rotatable bonds is 3. The van der Waals surface area contributed by atoms with E-state index in [9.17, 15) is 4.79 Å². The predicted octanol–water partition coefficient (Wildman–Crippen LogP) is 4.13. The highest BCUT2D eigenvalue weighted by molar-refractivity contribution is 6.30. The summed E-state index contributed by atoms with van der Waals surface area (Å²) in [6, 6.07) is 13.0. The number of carbonyl (C=O) groups excluding carboxylic acids is 1. The second-order valence-corrected chi connectivity index (χ2v) is 6.20. The van der Waals surface area contributed by atoms with Crippen LogP contribution in [0.25, 0.3) is 10.9 Å². The smallest absolute Gasteiger partial charge is 0.234 e. The lowest BCUT2D eigenvalue weighted by molar-refractivity contribution is -0.120. The second kappa shape index (κ2) is 5.46. The maximum atomic E-state index is 12.6. The minimum absolute atomic E-state index is 0.0892. The number of nitrogens with one attached hydrogen (secondary N) is 2. The Labute approximate surface area is 133 Å². The topological polar surface area (TPSA) is 57.8 Å². The molecule has 0 saturated carbocycles. The molecule has 2 N–H and O–H groups in total. The molecule has 5 heteroatoms. The molecule has 1 amide bonds. The molecule has 0 aliphatic heterocycles. The summed E-state index contributed by atoms with van der Waals surface area (Å²) in [5.74, 6) is -0.0892. The van der Waals surface area contributed by atoms with E-state index >= 15 is 0 Å². The average molecular weight is 314 g/mol. The summed E-state index contributed by atoms with van der Waals surface area (Å²) in [5.41, 5.74) is 1.81. The van der Waals surface area contributed by atoms with E-state index in [-0.39, 0.29) is 5.91 Å². The molecule has 0 aliphatic carbocycles. The Bertz CT molecular complexity index is 839. The monoisotopic (exact) mass is 313 g/mol. The summed E-state index contributed by atoms with van der Waals surface area (Å²) >= 11 is 6.03. The van der Waals surface area contributed by atoms with Gasteiger partial charge in [-0.15, -0.1) is 0 Å².